The largest absolute Gasteiger partial charge is 0.244 e. The van der Waals surface area contributed by atoms with E-state index in [9.17, 15) is 4.39 Å². The number of benzene rings is 3. The average molecular weight is 302 g/mol. The lowest BCUT2D eigenvalue weighted by molar-refractivity contribution is -0.659. The van der Waals surface area contributed by atoms with Crippen LogP contribution >= 0.6 is 0 Å². The minimum atomic E-state index is -0.382. The number of hydrogen-bond acceptors (Lipinski definition) is 0. The van der Waals surface area contributed by atoms with Crippen molar-refractivity contribution in [2.24, 2.45) is 0 Å². The lowest BCUT2D eigenvalue weighted by Gasteiger charge is -2.11. The molecule has 0 spiro atoms. The lowest BCUT2D eigenvalue weighted by Crippen LogP contribution is -2.38. The Bertz CT molecular complexity index is 977. The first-order valence-corrected chi connectivity index (χ1v) is 7.85. The van der Waals surface area contributed by atoms with Crippen molar-refractivity contribution in [1.82, 2.24) is 0 Å². The third-order valence-corrected chi connectivity index (χ3v) is 4.29. The quantitative estimate of drug-likeness (QED) is 0.374. The Morgan fingerprint density at radius 1 is 0.652 bits per heavy atom. The van der Waals surface area contributed by atoms with Crippen LogP contribution in [0.4, 0.5) is 4.39 Å². The van der Waals surface area contributed by atoms with Crippen molar-refractivity contribution < 1.29 is 8.96 Å². The molecule has 0 N–H and O–H groups in total. The molecule has 4 rings (SSSR count). The maximum Gasteiger partial charge on any atom is 0.221 e. The molecule has 0 bridgehead atoms. The number of aryl methyl sites for hydroxylation is 1. The van der Waals surface area contributed by atoms with Crippen molar-refractivity contribution in [3.63, 3.8) is 0 Å². The van der Waals surface area contributed by atoms with Crippen LogP contribution in [0.3, 0.4) is 0 Å². The molecule has 0 aliphatic heterocycles. The summed E-state index contributed by atoms with van der Waals surface area (Å²) in [5.74, 6) is 0. The predicted molar refractivity (Wildman–Crippen MR) is 93.1 cm³/mol. The fourth-order valence-corrected chi connectivity index (χ4v) is 3.35. The predicted octanol–water partition coefficient (Wildman–Crippen LogP) is 4.92. The second kappa shape index (κ2) is 5.81. The highest BCUT2D eigenvalue weighted by atomic mass is 19.1. The molecule has 2 heteroatoms. The normalized spacial score (nSPS) is 11.2. The first kappa shape index (κ1) is 13.9. The summed E-state index contributed by atoms with van der Waals surface area (Å²) in [4.78, 5) is 0. The Balaban J connectivity index is 2.23. The first-order chi connectivity index (χ1) is 11.4. The van der Waals surface area contributed by atoms with Gasteiger partial charge in [0.05, 0.1) is 10.8 Å². The number of rotatable bonds is 3. The second-order valence-corrected chi connectivity index (χ2v) is 5.62. The number of aromatic nitrogens is 1. The maximum absolute atomic E-state index is 13.3. The van der Waals surface area contributed by atoms with E-state index < -0.39 is 0 Å². The smallest absolute Gasteiger partial charge is 0.221 e. The monoisotopic (exact) mass is 302 g/mol. The molecule has 112 valence electrons. The van der Waals surface area contributed by atoms with Gasteiger partial charge in [0, 0.05) is 17.0 Å². The van der Waals surface area contributed by atoms with Gasteiger partial charge in [-0.2, -0.15) is 4.57 Å². The highest BCUT2D eigenvalue weighted by molar-refractivity contribution is 6.08. The molecule has 0 unspecified atom stereocenters. The fourth-order valence-electron chi connectivity index (χ4n) is 3.35. The molecule has 1 aromatic heterocycles. The molecule has 0 fully saturated rings. The van der Waals surface area contributed by atoms with E-state index in [2.05, 4.69) is 47.0 Å². The molecule has 0 radical (unpaired) electrons. The van der Waals surface area contributed by atoms with Crippen LogP contribution in [-0.4, -0.2) is 6.67 Å². The Hall–Kier alpha value is -2.74. The first-order valence-electron chi connectivity index (χ1n) is 7.85. The summed E-state index contributed by atoms with van der Waals surface area (Å²) in [7, 11) is 0. The van der Waals surface area contributed by atoms with Crippen LogP contribution in [0.15, 0.2) is 78.9 Å². The topological polar surface area (TPSA) is 3.88 Å². The van der Waals surface area contributed by atoms with Crippen LogP contribution in [0.5, 0.6) is 0 Å². The molecule has 0 amide bonds. The summed E-state index contributed by atoms with van der Waals surface area (Å²) < 4.78 is 15.4. The summed E-state index contributed by atoms with van der Waals surface area (Å²) >= 11 is 0. The third kappa shape index (κ3) is 2.27. The van der Waals surface area contributed by atoms with Gasteiger partial charge in [0.15, 0.2) is 6.54 Å². The van der Waals surface area contributed by atoms with Gasteiger partial charge in [-0.05, 0) is 24.3 Å². The van der Waals surface area contributed by atoms with Gasteiger partial charge in [-0.1, -0.05) is 48.5 Å². The zero-order chi connectivity index (χ0) is 15.6. The van der Waals surface area contributed by atoms with E-state index in [4.69, 9.17) is 0 Å². The summed E-state index contributed by atoms with van der Waals surface area (Å²) in [6.07, 6.45) is 0. The number of hydrogen-bond donors (Lipinski definition) is 0. The third-order valence-electron chi connectivity index (χ3n) is 4.29. The summed E-state index contributed by atoms with van der Waals surface area (Å²) in [6, 6.07) is 26.8. The number of fused-ring (bicyclic) bond motifs is 3. The molecule has 23 heavy (non-hydrogen) atoms. The van der Waals surface area contributed by atoms with Gasteiger partial charge in [0.1, 0.15) is 6.67 Å². The fraction of sp³-hybridized carbons (Fsp3) is 0.0952. The Kier molecular flexibility index (Phi) is 3.51. The van der Waals surface area contributed by atoms with E-state index in [0.29, 0.717) is 6.54 Å². The van der Waals surface area contributed by atoms with Gasteiger partial charge in [0.2, 0.25) is 11.2 Å². The van der Waals surface area contributed by atoms with Crippen molar-refractivity contribution in [2.45, 2.75) is 6.54 Å². The van der Waals surface area contributed by atoms with E-state index in [1.165, 1.54) is 5.39 Å². The molecule has 3 aromatic carbocycles. The highest BCUT2D eigenvalue weighted by Crippen LogP contribution is 2.30. The van der Waals surface area contributed by atoms with Gasteiger partial charge in [-0.15, -0.1) is 0 Å². The van der Waals surface area contributed by atoms with Crippen LogP contribution < -0.4 is 4.57 Å². The number of alkyl halides is 1. The van der Waals surface area contributed by atoms with Gasteiger partial charge in [0.25, 0.3) is 0 Å². The number of pyridine rings is 1. The molecule has 1 heterocycles. The standard InChI is InChI=1S/C21H17FN/c22-14-15-23-20-13-7-6-11-18(20)17-10-4-5-12-19(17)21(23)16-8-2-1-3-9-16/h1-13H,14-15H2/q+1. The minimum Gasteiger partial charge on any atom is -0.244 e. The average Bonchev–Trinajstić information content (AvgIpc) is 2.63. The molecule has 0 atom stereocenters. The Labute approximate surface area is 134 Å². The van der Waals surface area contributed by atoms with Crippen LogP contribution in [-0.2, 0) is 6.54 Å². The van der Waals surface area contributed by atoms with Crippen molar-refractivity contribution in [3.8, 4) is 11.3 Å². The molecule has 0 aliphatic rings. The van der Waals surface area contributed by atoms with Crippen molar-refractivity contribution >= 4 is 21.7 Å². The highest BCUT2D eigenvalue weighted by Gasteiger charge is 2.22. The molecular formula is C21H17FN+. The van der Waals surface area contributed by atoms with E-state index >= 15 is 0 Å². The van der Waals surface area contributed by atoms with Gasteiger partial charge >= 0.3 is 0 Å². The maximum atomic E-state index is 13.3. The molecule has 0 saturated carbocycles. The molecule has 4 aromatic rings. The van der Waals surface area contributed by atoms with Crippen LogP contribution in [0, 0.1) is 0 Å². The van der Waals surface area contributed by atoms with Gasteiger partial charge in [-0.3, -0.25) is 0 Å². The van der Waals surface area contributed by atoms with Crippen molar-refractivity contribution in [1.29, 1.82) is 0 Å². The van der Waals surface area contributed by atoms with Crippen LogP contribution in [0.1, 0.15) is 0 Å². The molecular weight excluding hydrogens is 285 g/mol. The van der Waals surface area contributed by atoms with E-state index in [1.54, 1.807) is 0 Å². The van der Waals surface area contributed by atoms with E-state index in [-0.39, 0.29) is 6.67 Å². The van der Waals surface area contributed by atoms with Gasteiger partial charge < -0.3 is 0 Å². The second-order valence-electron chi connectivity index (χ2n) is 5.62. The molecule has 0 aliphatic carbocycles. The van der Waals surface area contributed by atoms with E-state index in [0.717, 1.165) is 27.5 Å². The molecule has 1 nitrogen and oxygen atoms in total. The SMILES string of the molecule is FCC[n+]1c(-c2ccccc2)c2ccccc2c2ccccc21. The number of nitrogens with zero attached hydrogens (tertiary/aromatic N) is 1. The number of para-hydroxylation sites is 1. The summed E-state index contributed by atoms with van der Waals surface area (Å²) in [6.45, 7) is -0.0254. The van der Waals surface area contributed by atoms with E-state index in [1.807, 2.05) is 36.4 Å². The Morgan fingerprint density at radius 3 is 2.00 bits per heavy atom. The minimum absolute atomic E-state index is 0.357. The lowest BCUT2D eigenvalue weighted by atomic mass is 9.99. The summed E-state index contributed by atoms with van der Waals surface area (Å²) in [5, 5.41) is 3.53. The zero-order valence-electron chi connectivity index (χ0n) is 12.7. The van der Waals surface area contributed by atoms with Gasteiger partial charge in [-0.25, -0.2) is 4.39 Å². The number of halogens is 1. The van der Waals surface area contributed by atoms with Crippen molar-refractivity contribution in [3.05, 3.63) is 78.9 Å². The zero-order valence-corrected chi connectivity index (χ0v) is 12.7. The van der Waals surface area contributed by atoms with Crippen LogP contribution in [0.2, 0.25) is 0 Å². The Morgan fingerprint density at radius 2 is 1.26 bits per heavy atom. The summed E-state index contributed by atoms with van der Waals surface area (Å²) in [5.41, 5.74) is 3.27. The van der Waals surface area contributed by atoms with Crippen LogP contribution in [0.25, 0.3) is 32.9 Å². The molecule has 0 saturated heterocycles. The van der Waals surface area contributed by atoms with Crippen molar-refractivity contribution in [2.75, 3.05) is 6.67 Å².